The first-order valence-electron chi connectivity index (χ1n) is 10.1. The molecular formula is C22H26N2O6. The predicted molar refractivity (Wildman–Crippen MR) is 107 cm³/mol. The third-order valence-corrected chi connectivity index (χ3v) is 6.56. The number of aromatic nitrogens is 1. The number of ether oxygens (including phenoxy) is 3. The van der Waals surface area contributed by atoms with E-state index in [4.69, 9.17) is 14.2 Å². The summed E-state index contributed by atoms with van der Waals surface area (Å²) < 4.78 is 14.8. The molecule has 30 heavy (non-hydrogen) atoms. The smallest absolute Gasteiger partial charge is 0.320 e. The lowest BCUT2D eigenvalue weighted by Gasteiger charge is -2.46. The van der Waals surface area contributed by atoms with Crippen molar-refractivity contribution in [1.82, 2.24) is 9.88 Å². The maximum atomic E-state index is 12.6. The van der Waals surface area contributed by atoms with Crippen molar-refractivity contribution in [1.29, 1.82) is 0 Å². The van der Waals surface area contributed by atoms with Crippen LogP contribution in [0.4, 0.5) is 0 Å². The highest BCUT2D eigenvalue weighted by molar-refractivity contribution is 5.96. The lowest BCUT2D eigenvalue weighted by atomic mass is 9.72. The number of H-pyrrole nitrogens is 1. The molecule has 4 rings (SSSR count). The van der Waals surface area contributed by atoms with Gasteiger partial charge in [-0.25, -0.2) is 0 Å². The Morgan fingerprint density at radius 3 is 2.43 bits per heavy atom. The Kier molecular flexibility index (Phi) is 5.51. The predicted octanol–water partition coefficient (Wildman–Crippen LogP) is 1.84. The van der Waals surface area contributed by atoms with Gasteiger partial charge in [-0.15, -0.1) is 0 Å². The Balaban J connectivity index is 1.76. The molecule has 0 amide bonds. The van der Waals surface area contributed by atoms with Gasteiger partial charge in [0.15, 0.2) is 5.92 Å². The third-order valence-electron chi connectivity index (χ3n) is 6.56. The average Bonchev–Trinajstić information content (AvgIpc) is 3.17. The van der Waals surface area contributed by atoms with E-state index in [1.807, 2.05) is 18.2 Å². The van der Waals surface area contributed by atoms with Crippen LogP contribution in [-0.4, -0.2) is 62.2 Å². The Bertz CT molecular complexity index is 967. The second-order valence-corrected chi connectivity index (χ2v) is 7.88. The number of methoxy groups -OCH3 is 3. The van der Waals surface area contributed by atoms with E-state index in [2.05, 4.69) is 16.0 Å². The van der Waals surface area contributed by atoms with Crippen molar-refractivity contribution in [2.45, 2.75) is 18.9 Å². The summed E-state index contributed by atoms with van der Waals surface area (Å²) in [5.41, 5.74) is 3.41. The molecule has 1 fully saturated rings. The van der Waals surface area contributed by atoms with Gasteiger partial charge in [0, 0.05) is 29.7 Å². The average molecular weight is 414 g/mol. The largest absolute Gasteiger partial charge is 0.469 e. The number of nitrogens with one attached hydrogen (secondary N) is 1. The Morgan fingerprint density at radius 1 is 1.07 bits per heavy atom. The number of rotatable bonds is 4. The number of benzene rings is 1. The standard InChI is InChI=1S/C22H26N2O6/c1-28-20(25)15-11-24-9-8-13-12-6-4-5-7-16(12)23-19(13)17(24)10-14(15)18(21(26)29-2)22(27)30-3/h4-7,14-15,17-18,23H,8-11H2,1-3H3/t14-,15-,17-/m0/s1. The van der Waals surface area contributed by atoms with Crippen LogP contribution in [0.5, 0.6) is 0 Å². The molecule has 0 bridgehead atoms. The van der Waals surface area contributed by atoms with Crippen molar-refractivity contribution < 1.29 is 28.6 Å². The van der Waals surface area contributed by atoms with E-state index in [1.54, 1.807) is 0 Å². The summed E-state index contributed by atoms with van der Waals surface area (Å²) in [7, 11) is 3.79. The molecule has 3 heterocycles. The summed E-state index contributed by atoms with van der Waals surface area (Å²) in [6.07, 6.45) is 1.31. The van der Waals surface area contributed by atoms with Gasteiger partial charge in [0.05, 0.1) is 33.3 Å². The summed E-state index contributed by atoms with van der Waals surface area (Å²) in [5.74, 6) is -4.21. The molecule has 0 aliphatic carbocycles. The zero-order valence-corrected chi connectivity index (χ0v) is 17.3. The molecule has 8 nitrogen and oxygen atoms in total. The van der Waals surface area contributed by atoms with Crippen molar-refractivity contribution in [3.63, 3.8) is 0 Å². The molecule has 3 atom stereocenters. The number of nitrogens with zero attached hydrogens (tertiary/aromatic N) is 1. The highest BCUT2D eigenvalue weighted by Gasteiger charge is 2.50. The molecular weight excluding hydrogens is 388 g/mol. The molecule has 0 spiro atoms. The highest BCUT2D eigenvalue weighted by Crippen LogP contribution is 2.45. The normalized spacial score (nSPS) is 23.5. The summed E-state index contributed by atoms with van der Waals surface area (Å²) in [6, 6.07) is 8.11. The number of aromatic amines is 1. The van der Waals surface area contributed by atoms with E-state index in [0.717, 1.165) is 24.2 Å². The first-order valence-corrected chi connectivity index (χ1v) is 10.1. The molecule has 0 radical (unpaired) electrons. The van der Waals surface area contributed by atoms with Crippen LogP contribution in [0.3, 0.4) is 0 Å². The quantitative estimate of drug-likeness (QED) is 0.463. The van der Waals surface area contributed by atoms with Crippen molar-refractivity contribution >= 4 is 28.8 Å². The lowest BCUT2D eigenvalue weighted by Crippen LogP contribution is -2.52. The second-order valence-electron chi connectivity index (χ2n) is 7.88. The number of para-hydroxylation sites is 1. The molecule has 1 saturated heterocycles. The summed E-state index contributed by atoms with van der Waals surface area (Å²) in [4.78, 5) is 43.4. The van der Waals surface area contributed by atoms with E-state index in [1.165, 1.54) is 32.3 Å². The van der Waals surface area contributed by atoms with Crippen LogP contribution in [-0.2, 0) is 35.0 Å². The first kappa shape index (κ1) is 20.4. The van der Waals surface area contributed by atoms with Gasteiger partial charge in [-0.1, -0.05) is 18.2 Å². The van der Waals surface area contributed by atoms with Gasteiger partial charge in [-0.2, -0.15) is 0 Å². The van der Waals surface area contributed by atoms with E-state index in [9.17, 15) is 14.4 Å². The van der Waals surface area contributed by atoms with Crippen LogP contribution >= 0.6 is 0 Å². The molecule has 1 N–H and O–H groups in total. The maximum absolute atomic E-state index is 12.6. The SMILES string of the molecule is COC(=O)C(C(=O)OC)[C@H]1C[C@H]2c3[nH]c4ccccc4c3CCN2C[C@@H]1C(=O)OC. The van der Waals surface area contributed by atoms with Gasteiger partial charge in [0.1, 0.15) is 0 Å². The Hall–Kier alpha value is -2.87. The minimum atomic E-state index is -1.18. The number of carbonyl (C=O) groups is 3. The van der Waals surface area contributed by atoms with Gasteiger partial charge in [-0.05, 0) is 30.4 Å². The number of fused-ring (bicyclic) bond motifs is 5. The summed E-state index contributed by atoms with van der Waals surface area (Å²) >= 11 is 0. The molecule has 0 saturated carbocycles. The van der Waals surface area contributed by atoms with Crippen LogP contribution in [0.15, 0.2) is 24.3 Å². The minimum Gasteiger partial charge on any atom is -0.469 e. The monoisotopic (exact) mass is 414 g/mol. The van der Waals surface area contributed by atoms with Crippen LogP contribution in [0.25, 0.3) is 10.9 Å². The Morgan fingerprint density at radius 2 is 1.77 bits per heavy atom. The van der Waals surface area contributed by atoms with E-state index < -0.39 is 35.7 Å². The van der Waals surface area contributed by atoms with Gasteiger partial charge >= 0.3 is 17.9 Å². The zero-order chi connectivity index (χ0) is 21.4. The minimum absolute atomic E-state index is 0.0381. The van der Waals surface area contributed by atoms with Gasteiger partial charge < -0.3 is 19.2 Å². The molecule has 2 aliphatic rings. The van der Waals surface area contributed by atoms with Crippen molar-refractivity contribution in [2.75, 3.05) is 34.4 Å². The zero-order valence-electron chi connectivity index (χ0n) is 17.3. The molecule has 8 heteroatoms. The fourth-order valence-corrected chi connectivity index (χ4v) is 5.13. The van der Waals surface area contributed by atoms with Crippen molar-refractivity contribution in [3.05, 3.63) is 35.5 Å². The molecule has 1 aromatic carbocycles. The van der Waals surface area contributed by atoms with E-state index >= 15 is 0 Å². The fraction of sp³-hybridized carbons (Fsp3) is 0.500. The Labute approximate surface area is 174 Å². The van der Waals surface area contributed by atoms with Crippen LogP contribution in [0.2, 0.25) is 0 Å². The summed E-state index contributed by atoms with van der Waals surface area (Å²) in [6.45, 7) is 1.20. The molecule has 2 aromatic rings. The number of carbonyl (C=O) groups excluding carboxylic acids is 3. The molecule has 0 unspecified atom stereocenters. The first-order chi connectivity index (χ1) is 14.5. The molecule has 1 aromatic heterocycles. The van der Waals surface area contributed by atoms with Gasteiger partial charge in [0.25, 0.3) is 0 Å². The van der Waals surface area contributed by atoms with Gasteiger partial charge in [0.2, 0.25) is 0 Å². The fourth-order valence-electron chi connectivity index (χ4n) is 5.13. The van der Waals surface area contributed by atoms with Crippen LogP contribution in [0, 0.1) is 17.8 Å². The number of hydrogen-bond acceptors (Lipinski definition) is 7. The van der Waals surface area contributed by atoms with Crippen LogP contribution in [0.1, 0.15) is 23.7 Å². The van der Waals surface area contributed by atoms with E-state index in [-0.39, 0.29) is 6.04 Å². The van der Waals surface area contributed by atoms with E-state index in [0.29, 0.717) is 13.0 Å². The summed E-state index contributed by atoms with van der Waals surface area (Å²) in [5, 5.41) is 1.19. The van der Waals surface area contributed by atoms with Crippen LogP contribution < -0.4 is 0 Å². The highest BCUT2D eigenvalue weighted by atomic mass is 16.5. The molecule has 2 aliphatic heterocycles. The van der Waals surface area contributed by atoms with Crippen molar-refractivity contribution in [3.8, 4) is 0 Å². The van der Waals surface area contributed by atoms with Crippen molar-refractivity contribution in [2.24, 2.45) is 17.8 Å². The number of piperidine rings is 1. The third kappa shape index (κ3) is 3.25. The number of hydrogen-bond donors (Lipinski definition) is 1. The second kappa shape index (κ2) is 8.10. The molecule has 160 valence electrons. The van der Waals surface area contributed by atoms with Gasteiger partial charge in [-0.3, -0.25) is 19.3 Å². The number of esters is 3. The maximum Gasteiger partial charge on any atom is 0.320 e. The lowest BCUT2D eigenvalue weighted by molar-refractivity contribution is -0.168. The topological polar surface area (TPSA) is 97.9 Å².